The molecule has 3 aliphatic rings. The number of hydrogen-bond acceptors (Lipinski definition) is 23. The number of carboxylic acid groups (broad SMARTS) is 5. The van der Waals surface area contributed by atoms with Gasteiger partial charge in [-0.2, -0.15) is 0 Å². The lowest BCUT2D eigenvalue weighted by molar-refractivity contribution is -0.170. The number of hydrogen-bond donors (Lipinski definition) is 14. The fourth-order valence-corrected chi connectivity index (χ4v) is 13.1. The van der Waals surface area contributed by atoms with Crippen LogP contribution in [0.1, 0.15) is 114 Å². The lowest BCUT2D eigenvalue weighted by Crippen LogP contribution is -2.58. The average molecular weight is 1550 g/mol. The quantitative estimate of drug-likeness (QED) is 0.0181. The molecule has 2 aliphatic heterocycles. The summed E-state index contributed by atoms with van der Waals surface area (Å²) in [4.78, 5) is 205. The number of urea groups is 1. The van der Waals surface area contributed by atoms with Crippen LogP contribution in [0.25, 0.3) is 10.8 Å². The van der Waals surface area contributed by atoms with Gasteiger partial charge in [-0.25, -0.2) is 19.2 Å². The maximum atomic E-state index is 14.0. The van der Waals surface area contributed by atoms with Gasteiger partial charge < -0.3 is 87.5 Å². The number of benzene rings is 2. The van der Waals surface area contributed by atoms with Crippen LogP contribution in [-0.2, 0) is 78.2 Å². The standard InChI is InChI=1S/C73H104N14O23/c1-45(2)35-56(79-67(100)57(43-88)80-68(101)58-12-8-26-87(58)69(102)46(3)77-64(97)51-21-24-74-25-22-51)72(107)110-44-109-63(96)20-19-54(71(105)106)82-73(108)81-53(70(103)104)11-6-7-23-75-66(99)55(37-48-15-16-49-9-4-5-10-52(49)36-48)78-65(98)50-17-13-47(14-18-50)38-76-59(89)39-83-27-29-84(40-60(90)91)31-33-86(42-62(94)95)34-32-85(30-28-83)41-61(92)93/h4-5,9-10,15-16,21-22,24-25,36,45-47,50,53-58,88H,6-8,11-14,17-20,23,26-35,37-44H2,1-3H3,(H,75,99)(H,76,89)(H,77,97)(H,78,98)(H,79,100)(H,80,101)(H,90,91)(H,92,93)(H,94,95)(H,103,104)(H,105,106)(H2,81,82,108)/t46-,47?,50?,53+,54+,55+,56+,57+,58+/m1/s1. The molecule has 1 saturated carbocycles. The summed E-state index contributed by atoms with van der Waals surface area (Å²) in [5, 5.41) is 81.2. The third-order valence-electron chi connectivity index (χ3n) is 19.2. The molecule has 2 aromatic carbocycles. The number of carbonyl (C=O) groups excluding carboxylic acids is 10. The van der Waals surface area contributed by atoms with Crippen molar-refractivity contribution in [2.75, 3.05) is 112 Å². The summed E-state index contributed by atoms with van der Waals surface area (Å²) in [6.45, 7) is 4.45. The summed E-state index contributed by atoms with van der Waals surface area (Å²) < 4.78 is 10.1. The second kappa shape index (κ2) is 45.5. The highest BCUT2D eigenvalue weighted by Gasteiger charge is 2.39. The Balaban J connectivity index is 0.924. The minimum Gasteiger partial charge on any atom is -0.480 e. The van der Waals surface area contributed by atoms with Gasteiger partial charge in [0.05, 0.1) is 32.8 Å². The Labute approximate surface area is 635 Å². The van der Waals surface area contributed by atoms with E-state index in [0.717, 1.165) is 16.3 Å². The van der Waals surface area contributed by atoms with E-state index in [0.29, 0.717) is 38.6 Å². The molecule has 604 valence electrons. The number of aliphatic carboxylic acids is 5. The Kier molecular flexibility index (Phi) is 36.5. The van der Waals surface area contributed by atoms with E-state index in [-0.39, 0.29) is 159 Å². The first-order valence-electron chi connectivity index (χ1n) is 36.9. The summed E-state index contributed by atoms with van der Waals surface area (Å²) in [6.07, 6.45) is 4.56. The summed E-state index contributed by atoms with van der Waals surface area (Å²) in [5.41, 5.74) is 1.02. The molecule has 7 atom stereocenters. The molecular weight excluding hydrogens is 1440 g/mol. The molecule has 110 heavy (non-hydrogen) atoms. The molecule has 37 heteroatoms. The van der Waals surface area contributed by atoms with Crippen molar-refractivity contribution in [3.63, 3.8) is 0 Å². The van der Waals surface area contributed by atoms with Gasteiger partial charge in [-0.3, -0.25) is 77.3 Å². The molecule has 0 radical (unpaired) electrons. The monoisotopic (exact) mass is 1540 g/mol. The van der Waals surface area contributed by atoms with E-state index in [4.69, 9.17) is 9.47 Å². The molecule has 2 saturated heterocycles. The molecule has 3 fully saturated rings. The number of likely N-dealkylation sites (tertiary alicyclic amines) is 1. The Morgan fingerprint density at radius 2 is 1.11 bits per heavy atom. The number of aliphatic hydroxyl groups excluding tert-OH is 1. The van der Waals surface area contributed by atoms with Crippen molar-refractivity contribution >= 4 is 99.9 Å². The fourth-order valence-electron chi connectivity index (χ4n) is 13.1. The maximum Gasteiger partial charge on any atom is 0.331 e. The van der Waals surface area contributed by atoms with E-state index in [2.05, 4.69) is 47.5 Å². The van der Waals surface area contributed by atoms with Crippen molar-refractivity contribution < 1.29 is 112 Å². The van der Waals surface area contributed by atoms with Crippen LogP contribution in [0.15, 0.2) is 67.0 Å². The molecule has 9 amide bonds. The predicted molar refractivity (Wildman–Crippen MR) is 391 cm³/mol. The molecule has 1 aliphatic carbocycles. The number of carbonyl (C=O) groups is 15. The molecule has 3 heterocycles. The first-order valence-corrected chi connectivity index (χ1v) is 36.9. The lowest BCUT2D eigenvalue weighted by atomic mass is 9.81. The highest BCUT2D eigenvalue weighted by molar-refractivity contribution is 5.99. The number of rotatable bonds is 40. The van der Waals surface area contributed by atoms with Crippen molar-refractivity contribution in [1.29, 1.82) is 0 Å². The topological polar surface area (TPSA) is 521 Å². The van der Waals surface area contributed by atoms with E-state index < -0.39 is 152 Å². The number of carboxylic acids is 5. The molecular formula is C73H104N14O23. The Morgan fingerprint density at radius 3 is 1.67 bits per heavy atom. The molecule has 3 aromatic rings. The molecule has 14 N–H and O–H groups in total. The summed E-state index contributed by atoms with van der Waals surface area (Å²) in [6, 6.07) is 5.61. The van der Waals surface area contributed by atoms with E-state index in [1.54, 1.807) is 28.5 Å². The number of aliphatic hydroxyl groups is 1. The lowest BCUT2D eigenvalue weighted by Gasteiger charge is -2.33. The molecule has 37 nitrogen and oxygen atoms in total. The van der Waals surface area contributed by atoms with Crippen molar-refractivity contribution in [3.8, 4) is 0 Å². The largest absolute Gasteiger partial charge is 0.480 e. The summed E-state index contributed by atoms with van der Waals surface area (Å²) in [7, 11) is 0. The van der Waals surface area contributed by atoms with E-state index in [1.165, 1.54) is 36.4 Å². The fraction of sp³-hybridized carbons (Fsp3) is 0.589. The number of nitrogens with one attached hydrogen (secondary N) is 8. The van der Waals surface area contributed by atoms with Gasteiger partial charge in [0.1, 0.15) is 42.3 Å². The highest BCUT2D eigenvalue weighted by atomic mass is 16.7. The van der Waals surface area contributed by atoms with Gasteiger partial charge >= 0.3 is 47.8 Å². The van der Waals surface area contributed by atoms with Crippen LogP contribution in [0, 0.1) is 17.8 Å². The number of fused-ring (bicyclic) bond motifs is 1. The van der Waals surface area contributed by atoms with Crippen molar-refractivity contribution in [2.45, 2.75) is 147 Å². The molecule has 1 aromatic heterocycles. The normalized spacial score (nSPS) is 18.5. The summed E-state index contributed by atoms with van der Waals surface area (Å²) >= 11 is 0. The smallest absolute Gasteiger partial charge is 0.331 e. The molecule has 0 spiro atoms. The molecule has 6 rings (SSSR count). The van der Waals surface area contributed by atoms with Gasteiger partial charge in [-0.05, 0) is 118 Å². The van der Waals surface area contributed by atoms with Crippen LogP contribution in [0.4, 0.5) is 4.79 Å². The third kappa shape index (κ3) is 30.9. The zero-order chi connectivity index (χ0) is 80.4. The molecule has 0 bridgehead atoms. The summed E-state index contributed by atoms with van der Waals surface area (Å²) in [5.74, 6) is -13.2. The van der Waals surface area contributed by atoms with E-state index >= 15 is 0 Å². The molecule has 0 unspecified atom stereocenters. The van der Waals surface area contributed by atoms with Crippen molar-refractivity contribution in [2.24, 2.45) is 17.8 Å². The average Bonchev–Trinajstić information content (AvgIpc) is 1.68. The Bertz CT molecular complexity index is 3630. The van der Waals surface area contributed by atoms with E-state index in [9.17, 15) is 103 Å². The number of unbranched alkanes of at least 4 members (excludes halogenated alkanes) is 1. The number of esters is 2. The van der Waals surface area contributed by atoms with Crippen LogP contribution in [-0.4, -0.2) is 303 Å². The van der Waals surface area contributed by atoms with Gasteiger partial charge in [0.15, 0.2) is 0 Å². The third-order valence-corrected chi connectivity index (χ3v) is 19.2. The van der Waals surface area contributed by atoms with Gasteiger partial charge in [0.25, 0.3) is 5.91 Å². The first kappa shape index (κ1) is 88.4. The van der Waals surface area contributed by atoms with E-state index in [1.807, 2.05) is 47.4 Å². The van der Waals surface area contributed by atoms with Crippen LogP contribution >= 0.6 is 0 Å². The Hall–Kier alpha value is -10.5. The zero-order valence-electron chi connectivity index (χ0n) is 62.1. The van der Waals surface area contributed by atoms with Gasteiger partial charge in [0, 0.05) is 109 Å². The van der Waals surface area contributed by atoms with Gasteiger partial charge in [-0.15, -0.1) is 0 Å². The van der Waals surface area contributed by atoms with Crippen molar-refractivity contribution in [1.82, 2.24) is 72.0 Å². The van der Waals surface area contributed by atoms with Gasteiger partial charge in [0.2, 0.25) is 42.2 Å². The van der Waals surface area contributed by atoms with Crippen LogP contribution in [0.5, 0.6) is 0 Å². The number of pyridine rings is 1. The van der Waals surface area contributed by atoms with Gasteiger partial charge in [-0.1, -0.05) is 56.3 Å². The number of nitrogens with zero attached hydrogens (tertiary/aromatic N) is 6. The number of aromatic nitrogens is 1. The second-order valence-electron chi connectivity index (χ2n) is 28.1. The number of amides is 9. The predicted octanol–water partition coefficient (Wildman–Crippen LogP) is -1.21. The van der Waals surface area contributed by atoms with Crippen LogP contribution < -0.4 is 42.5 Å². The zero-order valence-corrected chi connectivity index (χ0v) is 62.1. The maximum absolute atomic E-state index is 14.0. The first-order chi connectivity index (χ1) is 52.4. The SMILES string of the molecule is CC(C)C[C@H](NC(=O)[C@H](CO)NC(=O)[C@@H]1CCCN1C(=O)[C@@H](C)NC(=O)c1ccncc1)C(=O)OCOC(=O)CC[C@H](NC(=O)N[C@@H](CCCCNC(=O)[C@H](Cc1ccc2ccccc2c1)NC(=O)C1CCC(CNC(=O)CN2CCN(CC(=O)O)CCN(CC(=O)O)CCN(CC(=O)O)CC2)CC1)C(=O)O)C(=O)O. The number of ether oxygens (including phenoxy) is 2. The minimum absolute atomic E-state index is 0.0175. The second-order valence-corrected chi connectivity index (χ2v) is 28.1. The highest BCUT2D eigenvalue weighted by Crippen LogP contribution is 2.29. The minimum atomic E-state index is -1.75. The van der Waals surface area contributed by atoms with Crippen LogP contribution in [0.2, 0.25) is 0 Å². The Morgan fingerprint density at radius 1 is 0.545 bits per heavy atom. The van der Waals surface area contributed by atoms with Crippen LogP contribution in [0.3, 0.4) is 0 Å². The van der Waals surface area contributed by atoms with Crippen molar-refractivity contribution in [3.05, 3.63) is 78.1 Å².